The zero-order valence-electron chi connectivity index (χ0n) is 12.3. The van der Waals surface area contributed by atoms with Crippen molar-refractivity contribution >= 4 is 0 Å². The Labute approximate surface area is 109 Å². The maximum atomic E-state index is 3.78. The fourth-order valence-corrected chi connectivity index (χ4v) is 2.80. The first-order chi connectivity index (χ1) is 8.29. The minimum absolute atomic E-state index is 0.795. The van der Waals surface area contributed by atoms with Gasteiger partial charge >= 0.3 is 0 Å². The lowest BCUT2D eigenvalue weighted by atomic mass is 9.92. The highest BCUT2D eigenvalue weighted by Gasteiger charge is 2.32. The number of rotatable bonds is 11. The lowest BCUT2D eigenvalue weighted by Gasteiger charge is -2.25. The van der Waals surface area contributed by atoms with Crippen molar-refractivity contribution < 1.29 is 0 Å². The van der Waals surface area contributed by atoms with E-state index >= 15 is 0 Å². The molecular weight excluding hydrogens is 206 g/mol. The number of unbranched alkanes of at least 4 members (excludes halogenated alkanes) is 4. The SMILES string of the molecule is CCCCCCCC(NCCC)C(C)C1CC1. The third kappa shape index (κ3) is 6.45. The van der Waals surface area contributed by atoms with E-state index in [4.69, 9.17) is 0 Å². The molecule has 1 saturated carbocycles. The van der Waals surface area contributed by atoms with Crippen LogP contribution in [-0.2, 0) is 0 Å². The predicted octanol–water partition coefficient (Wildman–Crippen LogP) is 4.76. The van der Waals surface area contributed by atoms with Gasteiger partial charge in [-0.05, 0) is 44.1 Å². The number of nitrogens with one attached hydrogen (secondary N) is 1. The van der Waals surface area contributed by atoms with Crippen LogP contribution < -0.4 is 5.32 Å². The third-order valence-electron chi connectivity index (χ3n) is 4.28. The molecule has 0 heterocycles. The second-order valence-corrected chi connectivity index (χ2v) is 5.96. The van der Waals surface area contributed by atoms with E-state index in [1.807, 2.05) is 0 Å². The maximum absolute atomic E-state index is 3.78. The maximum Gasteiger partial charge on any atom is 0.00953 e. The molecule has 0 saturated heterocycles. The molecule has 1 fully saturated rings. The summed E-state index contributed by atoms with van der Waals surface area (Å²) in [6.07, 6.45) is 12.7. The summed E-state index contributed by atoms with van der Waals surface area (Å²) in [6, 6.07) is 0.795. The Morgan fingerprint density at radius 3 is 2.29 bits per heavy atom. The number of hydrogen-bond acceptors (Lipinski definition) is 1. The summed E-state index contributed by atoms with van der Waals surface area (Å²) in [5.41, 5.74) is 0. The minimum Gasteiger partial charge on any atom is -0.314 e. The van der Waals surface area contributed by atoms with E-state index in [0.717, 1.165) is 17.9 Å². The molecule has 1 aliphatic rings. The van der Waals surface area contributed by atoms with Crippen molar-refractivity contribution in [1.82, 2.24) is 5.32 Å². The fraction of sp³-hybridized carbons (Fsp3) is 1.00. The van der Waals surface area contributed by atoms with Gasteiger partial charge in [0.1, 0.15) is 0 Å². The van der Waals surface area contributed by atoms with Gasteiger partial charge in [-0.1, -0.05) is 52.9 Å². The number of hydrogen-bond donors (Lipinski definition) is 1. The molecule has 2 unspecified atom stereocenters. The van der Waals surface area contributed by atoms with Crippen molar-refractivity contribution in [1.29, 1.82) is 0 Å². The van der Waals surface area contributed by atoms with Gasteiger partial charge in [0.05, 0.1) is 0 Å². The Morgan fingerprint density at radius 2 is 1.71 bits per heavy atom. The molecular formula is C16H33N. The summed E-state index contributed by atoms with van der Waals surface area (Å²) in [5.74, 6) is 1.95. The largest absolute Gasteiger partial charge is 0.314 e. The average Bonchev–Trinajstić information content (AvgIpc) is 3.16. The summed E-state index contributed by atoms with van der Waals surface area (Å²) >= 11 is 0. The third-order valence-corrected chi connectivity index (χ3v) is 4.28. The fourth-order valence-electron chi connectivity index (χ4n) is 2.80. The molecule has 1 aliphatic carbocycles. The van der Waals surface area contributed by atoms with E-state index < -0.39 is 0 Å². The van der Waals surface area contributed by atoms with Crippen LogP contribution in [0, 0.1) is 11.8 Å². The van der Waals surface area contributed by atoms with E-state index in [2.05, 4.69) is 26.1 Å². The Hall–Kier alpha value is -0.0400. The van der Waals surface area contributed by atoms with Crippen molar-refractivity contribution in [3.05, 3.63) is 0 Å². The van der Waals surface area contributed by atoms with E-state index in [0.29, 0.717) is 0 Å². The van der Waals surface area contributed by atoms with Gasteiger partial charge in [-0.2, -0.15) is 0 Å². The highest BCUT2D eigenvalue weighted by atomic mass is 14.9. The lowest BCUT2D eigenvalue weighted by Crippen LogP contribution is -2.36. The molecule has 1 N–H and O–H groups in total. The molecule has 0 spiro atoms. The molecule has 0 bridgehead atoms. The van der Waals surface area contributed by atoms with Crippen LogP contribution in [0.25, 0.3) is 0 Å². The first kappa shape index (κ1) is 15.0. The van der Waals surface area contributed by atoms with E-state index in [9.17, 15) is 0 Å². The van der Waals surface area contributed by atoms with Crippen molar-refractivity contribution in [2.45, 2.75) is 84.6 Å². The minimum atomic E-state index is 0.795. The van der Waals surface area contributed by atoms with Crippen molar-refractivity contribution in [3.8, 4) is 0 Å². The second kappa shape index (κ2) is 8.97. The molecule has 0 aromatic rings. The predicted molar refractivity (Wildman–Crippen MR) is 77.3 cm³/mol. The molecule has 1 rings (SSSR count). The Morgan fingerprint density at radius 1 is 1.00 bits per heavy atom. The van der Waals surface area contributed by atoms with Gasteiger partial charge in [0.2, 0.25) is 0 Å². The van der Waals surface area contributed by atoms with Gasteiger partial charge < -0.3 is 5.32 Å². The van der Waals surface area contributed by atoms with Gasteiger partial charge in [-0.25, -0.2) is 0 Å². The first-order valence-electron chi connectivity index (χ1n) is 8.03. The zero-order valence-corrected chi connectivity index (χ0v) is 12.3. The van der Waals surface area contributed by atoms with Gasteiger partial charge in [-0.15, -0.1) is 0 Å². The van der Waals surface area contributed by atoms with Crippen molar-refractivity contribution in [2.75, 3.05) is 6.54 Å². The monoisotopic (exact) mass is 239 g/mol. The zero-order chi connectivity index (χ0) is 12.5. The van der Waals surface area contributed by atoms with Crippen LogP contribution in [0.2, 0.25) is 0 Å². The molecule has 0 aromatic carbocycles. The molecule has 1 heteroatoms. The molecule has 0 aliphatic heterocycles. The quantitative estimate of drug-likeness (QED) is 0.513. The van der Waals surface area contributed by atoms with Gasteiger partial charge in [-0.3, -0.25) is 0 Å². The molecule has 2 atom stereocenters. The van der Waals surface area contributed by atoms with Crippen LogP contribution in [0.4, 0.5) is 0 Å². The molecule has 102 valence electrons. The van der Waals surface area contributed by atoms with Crippen molar-refractivity contribution in [3.63, 3.8) is 0 Å². The normalized spacial score (nSPS) is 19.2. The smallest absolute Gasteiger partial charge is 0.00953 e. The average molecular weight is 239 g/mol. The molecule has 0 amide bonds. The van der Waals surface area contributed by atoms with Crippen LogP contribution in [0.1, 0.15) is 78.6 Å². The summed E-state index contributed by atoms with van der Waals surface area (Å²) in [6.45, 7) is 8.24. The second-order valence-electron chi connectivity index (χ2n) is 5.96. The highest BCUT2D eigenvalue weighted by Crippen LogP contribution is 2.39. The van der Waals surface area contributed by atoms with Crippen LogP contribution in [-0.4, -0.2) is 12.6 Å². The van der Waals surface area contributed by atoms with E-state index in [1.165, 1.54) is 64.3 Å². The Balaban J connectivity index is 2.15. The lowest BCUT2D eigenvalue weighted by molar-refractivity contribution is 0.316. The van der Waals surface area contributed by atoms with Crippen LogP contribution in [0.15, 0.2) is 0 Å². The van der Waals surface area contributed by atoms with Crippen LogP contribution in [0.3, 0.4) is 0 Å². The molecule has 1 nitrogen and oxygen atoms in total. The van der Waals surface area contributed by atoms with Gasteiger partial charge in [0, 0.05) is 6.04 Å². The molecule has 17 heavy (non-hydrogen) atoms. The standard InChI is InChI=1S/C16H33N/c1-4-6-7-8-9-10-16(17-13-5-2)14(3)15-11-12-15/h14-17H,4-13H2,1-3H3. The molecule has 0 radical (unpaired) electrons. The van der Waals surface area contributed by atoms with E-state index in [1.54, 1.807) is 0 Å². The van der Waals surface area contributed by atoms with Gasteiger partial charge in [0.25, 0.3) is 0 Å². The summed E-state index contributed by atoms with van der Waals surface area (Å²) < 4.78 is 0. The summed E-state index contributed by atoms with van der Waals surface area (Å²) in [5, 5.41) is 3.78. The summed E-state index contributed by atoms with van der Waals surface area (Å²) in [4.78, 5) is 0. The Kier molecular flexibility index (Phi) is 7.92. The summed E-state index contributed by atoms with van der Waals surface area (Å²) in [7, 11) is 0. The van der Waals surface area contributed by atoms with Gasteiger partial charge in [0.15, 0.2) is 0 Å². The van der Waals surface area contributed by atoms with Crippen molar-refractivity contribution in [2.24, 2.45) is 11.8 Å². The molecule has 0 aromatic heterocycles. The first-order valence-corrected chi connectivity index (χ1v) is 8.03. The Bertz CT molecular complexity index is 174. The van der Waals surface area contributed by atoms with Crippen LogP contribution in [0.5, 0.6) is 0 Å². The highest BCUT2D eigenvalue weighted by molar-refractivity contribution is 4.86. The van der Waals surface area contributed by atoms with E-state index in [-0.39, 0.29) is 0 Å². The van der Waals surface area contributed by atoms with Crippen LogP contribution >= 0.6 is 0 Å². The topological polar surface area (TPSA) is 12.0 Å².